The fraction of sp³-hybridized carbons (Fsp3) is 0.280. The van der Waals surface area contributed by atoms with Gasteiger partial charge in [-0.1, -0.05) is 56.2 Å². The summed E-state index contributed by atoms with van der Waals surface area (Å²) in [6.45, 7) is 2.22. The van der Waals surface area contributed by atoms with Crippen molar-refractivity contribution in [3.05, 3.63) is 88.9 Å². The lowest BCUT2D eigenvalue weighted by atomic mass is 10.0. The number of hydrogen-bond donors (Lipinski definition) is 0. The van der Waals surface area contributed by atoms with Gasteiger partial charge in [0.25, 0.3) is 0 Å². The first-order chi connectivity index (χ1) is 13.7. The summed E-state index contributed by atoms with van der Waals surface area (Å²) in [5.74, 6) is -0.445. The number of halogens is 1. The van der Waals surface area contributed by atoms with Gasteiger partial charge in [-0.25, -0.2) is 4.39 Å². The molecule has 1 heterocycles. The highest BCUT2D eigenvalue weighted by atomic mass is 19.1. The van der Waals surface area contributed by atoms with Crippen LogP contribution >= 0.6 is 0 Å². The number of nitrogens with zero attached hydrogens (tertiary/aromatic N) is 2. The quantitative estimate of drug-likeness (QED) is 0.436. The first-order valence-corrected chi connectivity index (χ1v) is 9.92. The molecule has 2 nitrogen and oxygen atoms in total. The molecule has 28 heavy (non-hydrogen) atoms. The molecule has 0 spiro atoms. The third-order valence-electron chi connectivity index (χ3n) is 5.00. The molecule has 0 amide bonds. The van der Waals surface area contributed by atoms with E-state index >= 15 is 0 Å². The molecule has 3 heteroatoms. The Kier molecular flexibility index (Phi) is 6.92. The summed E-state index contributed by atoms with van der Waals surface area (Å²) in [5, 5.41) is 8.81. The van der Waals surface area contributed by atoms with Crippen molar-refractivity contribution in [1.29, 1.82) is 5.26 Å². The first-order valence-electron chi connectivity index (χ1n) is 9.92. The van der Waals surface area contributed by atoms with Crippen molar-refractivity contribution in [2.75, 3.05) is 0 Å². The molecule has 3 aromatic rings. The van der Waals surface area contributed by atoms with E-state index in [-0.39, 0.29) is 5.56 Å². The van der Waals surface area contributed by atoms with Gasteiger partial charge in [-0.3, -0.25) is 4.98 Å². The second kappa shape index (κ2) is 9.80. The minimum Gasteiger partial charge on any atom is -0.256 e. The summed E-state index contributed by atoms with van der Waals surface area (Å²) in [6.07, 6.45) is 8.36. The Morgan fingerprint density at radius 1 is 0.857 bits per heavy atom. The van der Waals surface area contributed by atoms with Crippen LogP contribution in [-0.2, 0) is 19.3 Å². The number of hydrogen-bond acceptors (Lipinski definition) is 2. The molecule has 0 aliphatic heterocycles. The molecule has 0 bridgehead atoms. The lowest BCUT2D eigenvalue weighted by Crippen LogP contribution is -1.94. The Labute approximate surface area is 166 Å². The van der Waals surface area contributed by atoms with Crippen LogP contribution in [0.1, 0.15) is 48.4 Å². The molecule has 2 aromatic carbocycles. The van der Waals surface area contributed by atoms with Crippen LogP contribution in [-0.4, -0.2) is 4.98 Å². The maximum atomic E-state index is 13.7. The minimum atomic E-state index is -0.445. The van der Waals surface area contributed by atoms with Gasteiger partial charge in [0, 0.05) is 11.8 Å². The number of pyridine rings is 1. The monoisotopic (exact) mass is 372 g/mol. The number of rotatable bonds is 8. The molecule has 0 atom stereocenters. The van der Waals surface area contributed by atoms with Crippen molar-refractivity contribution in [2.24, 2.45) is 0 Å². The van der Waals surface area contributed by atoms with Gasteiger partial charge < -0.3 is 0 Å². The van der Waals surface area contributed by atoms with Crippen molar-refractivity contribution in [3.8, 4) is 17.3 Å². The van der Waals surface area contributed by atoms with Crippen LogP contribution in [0, 0.1) is 17.1 Å². The highest BCUT2D eigenvalue weighted by Crippen LogP contribution is 2.20. The van der Waals surface area contributed by atoms with Crippen LogP contribution < -0.4 is 0 Å². The van der Waals surface area contributed by atoms with E-state index in [4.69, 9.17) is 5.26 Å². The molecule has 3 rings (SSSR count). The van der Waals surface area contributed by atoms with Gasteiger partial charge in [0.15, 0.2) is 0 Å². The third kappa shape index (κ3) is 5.27. The molecule has 142 valence electrons. The summed E-state index contributed by atoms with van der Waals surface area (Å²) in [6, 6.07) is 19.3. The van der Waals surface area contributed by atoms with E-state index in [1.165, 1.54) is 36.5 Å². The van der Waals surface area contributed by atoms with Gasteiger partial charge in [0.05, 0.1) is 11.3 Å². The van der Waals surface area contributed by atoms with Crippen molar-refractivity contribution in [2.45, 2.75) is 45.4 Å². The molecule has 0 saturated carbocycles. The van der Waals surface area contributed by atoms with Gasteiger partial charge >= 0.3 is 0 Å². The predicted octanol–water partition coefficient (Wildman–Crippen LogP) is 6.28. The van der Waals surface area contributed by atoms with Crippen molar-refractivity contribution < 1.29 is 4.39 Å². The number of aromatic nitrogens is 1. The number of unbranched alkanes of at least 4 members (excludes halogenated alkanes) is 2. The lowest BCUT2D eigenvalue weighted by Gasteiger charge is -2.06. The van der Waals surface area contributed by atoms with Gasteiger partial charge in [-0.2, -0.15) is 5.26 Å². The maximum Gasteiger partial charge on any atom is 0.141 e. The maximum absolute atomic E-state index is 13.7. The van der Waals surface area contributed by atoms with Crippen LogP contribution in [0.2, 0.25) is 0 Å². The standard InChI is InChI=1S/C25H25FN2/c1-2-3-4-5-21-11-15-25(28-18-21)22-12-8-19(9-13-22)6-7-20-10-14-23(17-27)24(26)16-20/h8-16,18H,2-7H2,1H3. The Morgan fingerprint density at radius 3 is 2.21 bits per heavy atom. The SMILES string of the molecule is CCCCCc1ccc(-c2ccc(CCc3ccc(C#N)c(F)c3)cc2)nc1. The van der Waals surface area contributed by atoms with Crippen LogP contribution in [0.15, 0.2) is 60.8 Å². The molecule has 0 aliphatic carbocycles. The topological polar surface area (TPSA) is 36.7 Å². The summed E-state index contributed by atoms with van der Waals surface area (Å²) in [4.78, 5) is 4.61. The van der Waals surface area contributed by atoms with Gasteiger partial charge in [0.1, 0.15) is 11.9 Å². The highest BCUT2D eigenvalue weighted by Gasteiger charge is 2.04. The summed E-state index contributed by atoms with van der Waals surface area (Å²) >= 11 is 0. The normalized spacial score (nSPS) is 10.6. The second-order valence-electron chi connectivity index (χ2n) is 7.13. The largest absolute Gasteiger partial charge is 0.256 e. The molecule has 0 aliphatic rings. The zero-order chi connectivity index (χ0) is 19.8. The molecule has 1 aromatic heterocycles. The van der Waals surface area contributed by atoms with Crippen molar-refractivity contribution in [1.82, 2.24) is 4.98 Å². The fourth-order valence-corrected chi connectivity index (χ4v) is 3.26. The Balaban J connectivity index is 1.59. The van der Waals surface area contributed by atoms with Gasteiger partial charge in [-0.05, 0) is 60.6 Å². The molecule has 0 radical (unpaired) electrons. The molecule has 0 unspecified atom stereocenters. The van der Waals surface area contributed by atoms with Crippen molar-refractivity contribution in [3.63, 3.8) is 0 Å². The molecule has 0 fully saturated rings. The average Bonchev–Trinajstić information content (AvgIpc) is 2.73. The van der Waals surface area contributed by atoms with Crippen LogP contribution in [0.3, 0.4) is 0 Å². The van der Waals surface area contributed by atoms with E-state index in [1.54, 1.807) is 6.07 Å². The lowest BCUT2D eigenvalue weighted by molar-refractivity contribution is 0.621. The molecular formula is C25H25FN2. The Morgan fingerprint density at radius 2 is 1.57 bits per heavy atom. The Bertz CT molecular complexity index is 938. The van der Waals surface area contributed by atoms with Crippen molar-refractivity contribution >= 4 is 0 Å². The Hall–Kier alpha value is -2.99. The van der Waals surface area contributed by atoms with E-state index in [0.29, 0.717) is 0 Å². The summed E-state index contributed by atoms with van der Waals surface area (Å²) in [7, 11) is 0. The van der Waals surface area contributed by atoms with Crippen LogP contribution in [0.25, 0.3) is 11.3 Å². The summed E-state index contributed by atoms with van der Waals surface area (Å²) < 4.78 is 13.7. The molecule has 0 saturated heterocycles. The minimum absolute atomic E-state index is 0.0944. The zero-order valence-electron chi connectivity index (χ0n) is 16.3. The third-order valence-corrected chi connectivity index (χ3v) is 5.00. The fourth-order valence-electron chi connectivity index (χ4n) is 3.26. The second-order valence-corrected chi connectivity index (χ2v) is 7.13. The molecule has 0 N–H and O–H groups in total. The van der Waals surface area contributed by atoms with E-state index in [9.17, 15) is 4.39 Å². The number of benzene rings is 2. The number of aryl methyl sites for hydroxylation is 3. The van der Waals surface area contributed by atoms with Crippen LogP contribution in [0.4, 0.5) is 4.39 Å². The predicted molar refractivity (Wildman–Crippen MR) is 111 cm³/mol. The highest BCUT2D eigenvalue weighted by molar-refractivity contribution is 5.59. The van der Waals surface area contributed by atoms with E-state index in [1.807, 2.05) is 18.3 Å². The smallest absolute Gasteiger partial charge is 0.141 e. The van der Waals surface area contributed by atoms with E-state index in [0.717, 1.165) is 36.1 Å². The van der Waals surface area contributed by atoms with Crippen LogP contribution in [0.5, 0.6) is 0 Å². The van der Waals surface area contributed by atoms with Gasteiger partial charge in [0.2, 0.25) is 0 Å². The number of nitriles is 1. The molecular weight excluding hydrogens is 347 g/mol. The summed E-state index contributed by atoms with van der Waals surface area (Å²) in [5.41, 5.74) is 5.58. The van der Waals surface area contributed by atoms with Gasteiger partial charge in [-0.15, -0.1) is 0 Å². The van der Waals surface area contributed by atoms with E-state index in [2.05, 4.69) is 48.3 Å². The zero-order valence-corrected chi connectivity index (χ0v) is 16.3. The average molecular weight is 372 g/mol. The first kappa shape index (κ1) is 19.8. The van der Waals surface area contributed by atoms with E-state index < -0.39 is 5.82 Å².